The van der Waals surface area contributed by atoms with Crippen LogP contribution in [0.25, 0.3) is 0 Å². The highest BCUT2D eigenvalue weighted by Gasteiger charge is 2.37. The minimum atomic E-state index is -1.81. The Morgan fingerprint density at radius 1 is 1.38 bits per heavy atom. The molecule has 0 amide bonds. The third-order valence-electron chi connectivity index (χ3n) is 4.81. The zero-order valence-corrected chi connectivity index (χ0v) is 17.1. The van der Waals surface area contributed by atoms with Crippen LogP contribution in [0.15, 0.2) is 24.3 Å². The molecule has 2 atom stereocenters. The van der Waals surface area contributed by atoms with Gasteiger partial charge in [0.1, 0.15) is 0 Å². The fraction of sp³-hybridized carbons (Fsp3) is 0.789. The standard InChI is InChI=1S/C19H36O4Si/c1-16(10-9-13-22-18-11-7-8-12-21-18)14-17(20)15-23-24(5,6)19(2,3)4/h9-10,17-18,20H,1,7-8,11-15H2,2-6H3/b10-9+/t17-,18?/m1/s1. The van der Waals surface area contributed by atoms with E-state index in [4.69, 9.17) is 13.9 Å². The molecule has 5 heteroatoms. The van der Waals surface area contributed by atoms with Crippen molar-refractivity contribution in [3.05, 3.63) is 24.3 Å². The van der Waals surface area contributed by atoms with Gasteiger partial charge in [0.05, 0.1) is 19.3 Å². The first-order chi connectivity index (χ1) is 11.1. The minimum Gasteiger partial charge on any atom is -0.414 e. The third-order valence-corrected chi connectivity index (χ3v) is 9.31. The molecule has 0 aromatic carbocycles. The predicted octanol–water partition coefficient (Wildman–Crippen LogP) is 4.41. The summed E-state index contributed by atoms with van der Waals surface area (Å²) in [7, 11) is -1.81. The summed E-state index contributed by atoms with van der Waals surface area (Å²) in [5.74, 6) is 0. The molecular formula is C19H36O4Si. The Morgan fingerprint density at radius 3 is 2.67 bits per heavy atom. The lowest BCUT2D eigenvalue weighted by Gasteiger charge is -2.36. The molecule has 0 bridgehead atoms. The van der Waals surface area contributed by atoms with Crippen molar-refractivity contribution in [1.82, 2.24) is 0 Å². The third kappa shape index (κ3) is 8.08. The smallest absolute Gasteiger partial charge is 0.192 e. The normalized spacial score (nSPS) is 21.2. The molecule has 0 aromatic heterocycles. The Hall–Kier alpha value is -0.463. The summed E-state index contributed by atoms with van der Waals surface area (Å²) in [4.78, 5) is 0. The monoisotopic (exact) mass is 356 g/mol. The molecule has 4 nitrogen and oxygen atoms in total. The second-order valence-electron chi connectivity index (χ2n) is 8.12. The molecular weight excluding hydrogens is 320 g/mol. The van der Waals surface area contributed by atoms with E-state index in [1.54, 1.807) is 0 Å². The van der Waals surface area contributed by atoms with Crippen LogP contribution in [0, 0.1) is 0 Å². The van der Waals surface area contributed by atoms with Gasteiger partial charge in [-0.05, 0) is 43.8 Å². The van der Waals surface area contributed by atoms with Gasteiger partial charge in [0, 0.05) is 6.61 Å². The van der Waals surface area contributed by atoms with Crippen molar-refractivity contribution < 1.29 is 19.0 Å². The van der Waals surface area contributed by atoms with Crippen LogP contribution in [-0.2, 0) is 13.9 Å². The van der Waals surface area contributed by atoms with Crippen LogP contribution in [0.2, 0.25) is 18.1 Å². The van der Waals surface area contributed by atoms with E-state index in [2.05, 4.69) is 40.4 Å². The Balaban J connectivity index is 2.22. The Kier molecular flexibility index (Phi) is 8.88. The zero-order chi connectivity index (χ0) is 18.2. The largest absolute Gasteiger partial charge is 0.414 e. The van der Waals surface area contributed by atoms with Gasteiger partial charge in [0.15, 0.2) is 14.6 Å². The van der Waals surface area contributed by atoms with E-state index in [0.717, 1.165) is 25.0 Å². The maximum Gasteiger partial charge on any atom is 0.192 e. The van der Waals surface area contributed by atoms with Crippen molar-refractivity contribution in [3.8, 4) is 0 Å². The lowest BCUT2D eigenvalue weighted by molar-refractivity contribution is -0.155. The topological polar surface area (TPSA) is 47.9 Å². The molecule has 1 unspecified atom stereocenters. The lowest BCUT2D eigenvalue weighted by Crippen LogP contribution is -2.42. The number of allylic oxidation sites excluding steroid dienone is 1. The maximum absolute atomic E-state index is 10.2. The fourth-order valence-electron chi connectivity index (χ4n) is 2.17. The summed E-state index contributed by atoms with van der Waals surface area (Å²) in [6.45, 7) is 16.7. The second kappa shape index (κ2) is 9.87. The van der Waals surface area contributed by atoms with E-state index >= 15 is 0 Å². The molecule has 1 rings (SSSR count). The number of rotatable bonds is 9. The van der Waals surface area contributed by atoms with Gasteiger partial charge in [-0.15, -0.1) is 0 Å². The van der Waals surface area contributed by atoms with Crippen LogP contribution in [0.1, 0.15) is 46.5 Å². The molecule has 0 aromatic rings. The number of ether oxygens (including phenoxy) is 2. The number of aliphatic hydroxyl groups excluding tert-OH is 1. The van der Waals surface area contributed by atoms with Crippen LogP contribution in [-0.4, -0.2) is 45.6 Å². The number of hydrogen-bond acceptors (Lipinski definition) is 4. The molecule has 0 aliphatic carbocycles. The quantitative estimate of drug-likeness (QED) is 0.491. The molecule has 24 heavy (non-hydrogen) atoms. The van der Waals surface area contributed by atoms with Crippen LogP contribution in [0.4, 0.5) is 0 Å². The predicted molar refractivity (Wildman–Crippen MR) is 102 cm³/mol. The summed E-state index contributed by atoms with van der Waals surface area (Å²) in [6.07, 6.45) is 7.05. The molecule has 1 heterocycles. The first-order valence-corrected chi connectivity index (χ1v) is 11.9. The number of aliphatic hydroxyl groups is 1. The first-order valence-electron chi connectivity index (χ1n) is 9.01. The molecule has 0 spiro atoms. The molecule has 1 fully saturated rings. The van der Waals surface area contributed by atoms with Crippen LogP contribution in [0.3, 0.4) is 0 Å². The Morgan fingerprint density at radius 2 is 2.08 bits per heavy atom. The molecule has 1 saturated heterocycles. The van der Waals surface area contributed by atoms with Crippen molar-refractivity contribution in [2.75, 3.05) is 19.8 Å². The summed E-state index contributed by atoms with van der Waals surface area (Å²) in [5, 5.41) is 10.3. The lowest BCUT2D eigenvalue weighted by atomic mass is 10.1. The minimum absolute atomic E-state index is 0.0692. The van der Waals surface area contributed by atoms with Gasteiger partial charge in [0.2, 0.25) is 0 Å². The van der Waals surface area contributed by atoms with Crippen molar-refractivity contribution in [3.63, 3.8) is 0 Å². The molecule has 1 N–H and O–H groups in total. The van der Waals surface area contributed by atoms with Crippen molar-refractivity contribution in [2.24, 2.45) is 0 Å². The van der Waals surface area contributed by atoms with Crippen molar-refractivity contribution in [2.45, 2.75) is 77.0 Å². The SMILES string of the molecule is C=C(/C=C/COC1CCCCO1)C[C@@H](O)CO[Si](C)(C)C(C)(C)C. The summed E-state index contributed by atoms with van der Waals surface area (Å²) < 4.78 is 17.2. The highest BCUT2D eigenvalue weighted by atomic mass is 28.4. The second-order valence-corrected chi connectivity index (χ2v) is 12.9. The van der Waals surface area contributed by atoms with E-state index in [-0.39, 0.29) is 11.3 Å². The van der Waals surface area contributed by atoms with Crippen LogP contribution >= 0.6 is 0 Å². The Bertz CT molecular complexity index is 406. The van der Waals surface area contributed by atoms with Crippen molar-refractivity contribution in [1.29, 1.82) is 0 Å². The average molecular weight is 357 g/mol. The van der Waals surface area contributed by atoms with Gasteiger partial charge in [-0.1, -0.05) is 45.1 Å². The van der Waals surface area contributed by atoms with Gasteiger partial charge in [0.25, 0.3) is 0 Å². The van der Waals surface area contributed by atoms with Crippen LogP contribution in [0.5, 0.6) is 0 Å². The highest BCUT2D eigenvalue weighted by molar-refractivity contribution is 6.74. The van der Waals surface area contributed by atoms with Gasteiger partial charge in [-0.25, -0.2) is 0 Å². The maximum atomic E-state index is 10.2. The molecule has 0 radical (unpaired) electrons. The van der Waals surface area contributed by atoms with Gasteiger partial charge in [-0.2, -0.15) is 0 Å². The van der Waals surface area contributed by atoms with E-state index in [1.807, 2.05) is 12.2 Å². The fourth-order valence-corrected chi connectivity index (χ4v) is 3.21. The molecule has 0 saturated carbocycles. The van der Waals surface area contributed by atoms with Gasteiger partial charge >= 0.3 is 0 Å². The number of hydrogen-bond donors (Lipinski definition) is 1. The molecule has 1 aliphatic heterocycles. The van der Waals surface area contributed by atoms with E-state index in [9.17, 15) is 5.11 Å². The molecule has 140 valence electrons. The zero-order valence-electron chi connectivity index (χ0n) is 16.1. The summed E-state index contributed by atoms with van der Waals surface area (Å²) >= 11 is 0. The highest BCUT2D eigenvalue weighted by Crippen LogP contribution is 2.36. The van der Waals surface area contributed by atoms with E-state index in [0.29, 0.717) is 19.6 Å². The van der Waals surface area contributed by atoms with E-state index < -0.39 is 14.4 Å². The Labute approximate surface area is 149 Å². The average Bonchev–Trinajstić information content (AvgIpc) is 2.49. The van der Waals surface area contributed by atoms with Crippen LogP contribution < -0.4 is 0 Å². The summed E-state index contributed by atoms with van der Waals surface area (Å²) in [6, 6.07) is 0. The van der Waals surface area contributed by atoms with Crippen molar-refractivity contribution >= 4 is 8.32 Å². The van der Waals surface area contributed by atoms with Gasteiger partial charge in [-0.3, -0.25) is 0 Å². The molecule has 1 aliphatic rings. The van der Waals surface area contributed by atoms with Gasteiger partial charge < -0.3 is 19.0 Å². The van der Waals surface area contributed by atoms with E-state index in [1.165, 1.54) is 6.42 Å². The summed E-state index contributed by atoms with van der Waals surface area (Å²) in [5.41, 5.74) is 0.884. The first kappa shape index (κ1) is 21.6.